The first kappa shape index (κ1) is 18.0. The summed E-state index contributed by atoms with van der Waals surface area (Å²) in [6.45, 7) is 2.20. The molecule has 0 saturated carbocycles. The fourth-order valence-electron chi connectivity index (χ4n) is 5.23. The molecule has 7 rings (SSSR count). The van der Waals surface area contributed by atoms with E-state index in [-0.39, 0.29) is 0 Å². The maximum atomic E-state index is 2.43. The first-order chi connectivity index (χ1) is 15.8. The monoisotopic (exact) mass is 427 g/mol. The second-order valence-corrected chi connectivity index (χ2v) is 9.71. The van der Waals surface area contributed by atoms with Crippen LogP contribution in [0.2, 0.25) is 0 Å². The molecule has 32 heavy (non-hydrogen) atoms. The molecule has 6 aromatic rings. The van der Waals surface area contributed by atoms with E-state index in [4.69, 9.17) is 0 Å². The van der Waals surface area contributed by atoms with Crippen molar-refractivity contribution < 1.29 is 0 Å². The van der Waals surface area contributed by atoms with Gasteiger partial charge in [-0.25, -0.2) is 0 Å². The van der Waals surface area contributed by atoms with E-state index >= 15 is 0 Å². The minimum absolute atomic E-state index is 1.00. The number of hydrogen-bond donors (Lipinski definition) is 0. The van der Waals surface area contributed by atoms with Crippen molar-refractivity contribution in [3.05, 3.63) is 100 Å². The van der Waals surface area contributed by atoms with Gasteiger partial charge in [0.15, 0.2) is 0 Å². The molecule has 2 heterocycles. The maximum Gasteiger partial charge on any atom is 0.0547 e. The highest BCUT2D eigenvalue weighted by molar-refractivity contribution is 7.17. The van der Waals surface area contributed by atoms with E-state index in [9.17, 15) is 0 Å². The largest absolute Gasteiger partial charge is 0.309 e. The molecule has 0 atom stereocenters. The fraction of sp³-hybridized carbons (Fsp3) is 0.0667. The minimum atomic E-state index is 1.00. The lowest BCUT2D eigenvalue weighted by Crippen LogP contribution is -2.17. The Morgan fingerprint density at radius 3 is 2.53 bits per heavy atom. The van der Waals surface area contributed by atoms with Gasteiger partial charge in [-0.2, -0.15) is 0 Å². The van der Waals surface area contributed by atoms with Gasteiger partial charge in [0.05, 0.1) is 11.0 Å². The van der Waals surface area contributed by atoms with E-state index in [0.29, 0.717) is 0 Å². The Hall–Kier alpha value is -3.62. The highest BCUT2D eigenvalue weighted by Crippen LogP contribution is 2.37. The van der Waals surface area contributed by atoms with Gasteiger partial charge in [0.2, 0.25) is 0 Å². The molecule has 0 fully saturated rings. The molecule has 0 bridgehead atoms. The van der Waals surface area contributed by atoms with Crippen molar-refractivity contribution in [2.75, 3.05) is 0 Å². The Balaban J connectivity index is 1.59. The summed E-state index contributed by atoms with van der Waals surface area (Å²) in [5, 5.41) is 7.99. The van der Waals surface area contributed by atoms with E-state index in [2.05, 4.69) is 109 Å². The summed E-state index contributed by atoms with van der Waals surface area (Å²) in [5.41, 5.74) is 5.09. The Bertz CT molecular complexity index is 1860. The highest BCUT2D eigenvalue weighted by Gasteiger charge is 2.15. The summed E-state index contributed by atoms with van der Waals surface area (Å²) in [7, 11) is 0. The number of rotatable bonds is 1. The molecular weight excluding hydrogens is 406 g/mol. The summed E-state index contributed by atoms with van der Waals surface area (Å²) in [6.07, 6.45) is 8.00. The molecule has 2 heteroatoms. The highest BCUT2D eigenvalue weighted by atomic mass is 32.1. The van der Waals surface area contributed by atoms with E-state index in [1.165, 1.54) is 63.7 Å². The van der Waals surface area contributed by atoms with Crippen LogP contribution in [-0.2, 0) is 0 Å². The summed E-state index contributed by atoms with van der Waals surface area (Å²) in [6, 6.07) is 29.0. The average Bonchev–Trinajstić information content (AvgIpc) is 3.27. The molecule has 1 aliphatic carbocycles. The van der Waals surface area contributed by atoms with Crippen LogP contribution in [-0.4, -0.2) is 4.57 Å². The number of fused-ring (bicyclic) bond motifs is 8. The molecule has 0 aliphatic heterocycles. The molecule has 0 unspecified atom stereocenters. The van der Waals surface area contributed by atoms with E-state index in [1.54, 1.807) is 0 Å². The van der Waals surface area contributed by atoms with Crippen molar-refractivity contribution >= 4 is 66.2 Å². The third-order valence-corrected chi connectivity index (χ3v) is 7.80. The molecule has 1 nitrogen and oxygen atoms in total. The molecule has 152 valence electrons. The smallest absolute Gasteiger partial charge is 0.0547 e. The molecule has 2 aromatic heterocycles. The van der Waals surface area contributed by atoms with Crippen LogP contribution in [0.1, 0.15) is 13.3 Å². The SMILES string of the molecule is CC1=CCC=c2c(sc3cc(-n4c5ccccc5c5c6ccccc6ccc54)ccc23)=C1. The molecule has 0 N–H and O–H groups in total. The van der Waals surface area contributed by atoms with Crippen LogP contribution in [0.4, 0.5) is 0 Å². The van der Waals surface area contributed by atoms with Crippen LogP contribution in [0.3, 0.4) is 0 Å². The Kier molecular flexibility index (Phi) is 3.76. The number of aromatic nitrogens is 1. The number of thiophene rings is 1. The van der Waals surface area contributed by atoms with Crippen molar-refractivity contribution in [2.45, 2.75) is 13.3 Å². The average molecular weight is 428 g/mol. The molecule has 1 aliphatic rings. The van der Waals surface area contributed by atoms with Gasteiger partial charge in [0.25, 0.3) is 0 Å². The number of para-hydroxylation sites is 1. The third-order valence-electron chi connectivity index (χ3n) is 6.68. The zero-order valence-corrected chi connectivity index (χ0v) is 18.6. The number of allylic oxidation sites excluding steroid dienone is 2. The van der Waals surface area contributed by atoms with Gasteiger partial charge in [-0.15, -0.1) is 11.3 Å². The Labute approximate surface area is 189 Å². The van der Waals surface area contributed by atoms with Crippen molar-refractivity contribution in [2.24, 2.45) is 0 Å². The van der Waals surface area contributed by atoms with Gasteiger partial charge in [-0.3, -0.25) is 0 Å². The lowest BCUT2D eigenvalue weighted by atomic mass is 10.0. The van der Waals surface area contributed by atoms with Gasteiger partial charge < -0.3 is 4.57 Å². The van der Waals surface area contributed by atoms with E-state index < -0.39 is 0 Å². The maximum absolute atomic E-state index is 2.43. The van der Waals surface area contributed by atoms with Gasteiger partial charge >= 0.3 is 0 Å². The lowest BCUT2D eigenvalue weighted by molar-refractivity contribution is 1.19. The van der Waals surface area contributed by atoms with E-state index in [0.717, 1.165) is 6.42 Å². The molecule has 0 saturated heterocycles. The number of nitrogens with zero attached hydrogens (tertiary/aromatic N) is 1. The number of benzene rings is 4. The van der Waals surface area contributed by atoms with Crippen molar-refractivity contribution in [1.29, 1.82) is 0 Å². The standard InChI is InChI=1S/C30H21NS/c1-19-7-6-11-23-24-15-14-21(18-29(24)32-28(23)17-19)31-26-12-5-4-10-25(26)30-22-9-3-2-8-20(22)13-16-27(30)31/h2-5,7-18H,6H2,1H3. The summed E-state index contributed by atoms with van der Waals surface area (Å²) < 4.78 is 5.15. The van der Waals surface area contributed by atoms with Crippen LogP contribution >= 0.6 is 11.3 Å². The molecule has 4 aromatic carbocycles. The third kappa shape index (κ3) is 2.50. The predicted molar refractivity (Wildman–Crippen MR) is 140 cm³/mol. The second kappa shape index (κ2) is 6.69. The summed E-state index contributed by atoms with van der Waals surface area (Å²) in [5.74, 6) is 0. The quantitative estimate of drug-likeness (QED) is 0.265. The van der Waals surface area contributed by atoms with Crippen LogP contribution in [0.25, 0.3) is 60.5 Å². The predicted octanol–water partition coefficient (Wildman–Crippen LogP) is 7.06. The summed E-state index contributed by atoms with van der Waals surface area (Å²) >= 11 is 1.90. The molecule has 0 radical (unpaired) electrons. The van der Waals surface area contributed by atoms with Crippen LogP contribution in [0.5, 0.6) is 0 Å². The second-order valence-electron chi connectivity index (χ2n) is 8.63. The zero-order chi connectivity index (χ0) is 21.2. The van der Waals surface area contributed by atoms with E-state index in [1.807, 2.05) is 11.3 Å². The molecule has 0 spiro atoms. The van der Waals surface area contributed by atoms with Crippen molar-refractivity contribution in [3.63, 3.8) is 0 Å². The Morgan fingerprint density at radius 2 is 1.59 bits per heavy atom. The van der Waals surface area contributed by atoms with Gasteiger partial charge in [-0.1, -0.05) is 72.3 Å². The van der Waals surface area contributed by atoms with Crippen LogP contribution in [0.15, 0.2) is 90.5 Å². The first-order valence-electron chi connectivity index (χ1n) is 11.1. The van der Waals surface area contributed by atoms with Crippen molar-refractivity contribution in [1.82, 2.24) is 4.57 Å². The molecule has 0 amide bonds. The molecular formula is C30H21NS. The minimum Gasteiger partial charge on any atom is -0.309 e. The zero-order valence-electron chi connectivity index (χ0n) is 17.8. The van der Waals surface area contributed by atoms with Crippen LogP contribution in [0, 0.1) is 0 Å². The topological polar surface area (TPSA) is 4.93 Å². The fourth-order valence-corrected chi connectivity index (χ4v) is 6.48. The van der Waals surface area contributed by atoms with Crippen LogP contribution < -0.4 is 9.75 Å². The first-order valence-corrected chi connectivity index (χ1v) is 11.9. The Morgan fingerprint density at radius 1 is 0.750 bits per heavy atom. The van der Waals surface area contributed by atoms with Gasteiger partial charge in [-0.05, 0) is 59.7 Å². The lowest BCUT2D eigenvalue weighted by Gasteiger charge is -2.08. The summed E-state index contributed by atoms with van der Waals surface area (Å²) in [4.78, 5) is 0. The normalized spacial score (nSPS) is 13.7. The van der Waals surface area contributed by atoms with Gasteiger partial charge in [0.1, 0.15) is 0 Å². The van der Waals surface area contributed by atoms with Gasteiger partial charge in [0, 0.05) is 31.1 Å². The number of hydrogen-bond acceptors (Lipinski definition) is 1. The van der Waals surface area contributed by atoms with Crippen molar-refractivity contribution in [3.8, 4) is 5.69 Å².